The molecule has 0 radical (unpaired) electrons. The Balaban J connectivity index is 1.68. The summed E-state index contributed by atoms with van der Waals surface area (Å²) in [6, 6.07) is 7.94. The Labute approximate surface area is 160 Å². The van der Waals surface area contributed by atoms with Crippen molar-refractivity contribution >= 4 is 17.2 Å². The summed E-state index contributed by atoms with van der Waals surface area (Å²) in [5, 5.41) is 5.54. The first-order valence-electron chi connectivity index (χ1n) is 9.34. The number of hydrogen-bond donors (Lipinski definition) is 0. The minimum absolute atomic E-state index is 0.141. The van der Waals surface area contributed by atoms with E-state index in [1.807, 2.05) is 29.9 Å². The molecule has 1 fully saturated rings. The van der Waals surface area contributed by atoms with E-state index >= 15 is 0 Å². The molecule has 4 nitrogen and oxygen atoms in total. The Morgan fingerprint density at radius 1 is 1.14 bits per heavy atom. The monoisotopic (exact) mass is 387 g/mol. The predicted molar refractivity (Wildman–Crippen MR) is 99.8 cm³/mol. The van der Waals surface area contributed by atoms with Gasteiger partial charge in [0.05, 0.1) is 17.3 Å². The Morgan fingerprint density at radius 2 is 1.89 bits per heavy atom. The van der Waals surface area contributed by atoms with E-state index in [1.165, 1.54) is 6.07 Å². The Hall–Kier alpha value is -2.70. The van der Waals surface area contributed by atoms with Gasteiger partial charge in [0.1, 0.15) is 12.0 Å². The number of halogens is 3. The second kappa shape index (κ2) is 7.04. The highest BCUT2D eigenvalue weighted by Crippen LogP contribution is 2.34. The van der Waals surface area contributed by atoms with Crippen molar-refractivity contribution in [1.29, 1.82) is 0 Å². The van der Waals surface area contributed by atoms with Crippen LogP contribution in [-0.4, -0.2) is 21.1 Å². The van der Waals surface area contributed by atoms with E-state index in [0.29, 0.717) is 11.3 Å². The molecule has 4 rings (SSSR count). The Bertz CT molecular complexity index is 1020. The van der Waals surface area contributed by atoms with Crippen molar-refractivity contribution in [2.24, 2.45) is 5.92 Å². The molecule has 0 bridgehead atoms. The normalized spacial score (nSPS) is 20.4. The maximum atomic E-state index is 13.0. The highest BCUT2D eigenvalue weighted by Gasteiger charge is 2.32. The third-order valence-corrected chi connectivity index (χ3v) is 5.49. The first kappa shape index (κ1) is 18.7. The van der Waals surface area contributed by atoms with Crippen molar-refractivity contribution in [3.8, 4) is 11.3 Å². The topological polar surface area (TPSA) is 47.8 Å². The standard InChI is InChI=1S/C21H20F3N3O/c1-13-9-19-15(11-27(26-19)16-7-5-14(12-28)6-8-16)10-17(13)18-3-2-4-20(25-18)21(22,23)24/h2-4,9-12,14,16H,5-8H2,1H3. The van der Waals surface area contributed by atoms with Gasteiger partial charge in [-0.15, -0.1) is 0 Å². The summed E-state index contributed by atoms with van der Waals surface area (Å²) in [6.07, 6.45) is 2.03. The summed E-state index contributed by atoms with van der Waals surface area (Å²) < 4.78 is 40.9. The number of benzene rings is 1. The van der Waals surface area contributed by atoms with Gasteiger partial charge >= 0.3 is 6.18 Å². The van der Waals surface area contributed by atoms with Gasteiger partial charge in [-0.3, -0.25) is 4.68 Å². The average molecular weight is 387 g/mol. The fraction of sp³-hybridized carbons (Fsp3) is 0.381. The number of carbonyl (C=O) groups is 1. The van der Waals surface area contributed by atoms with Gasteiger partial charge in [0, 0.05) is 23.1 Å². The first-order valence-corrected chi connectivity index (χ1v) is 9.34. The number of fused-ring (bicyclic) bond motifs is 1. The number of hydrogen-bond acceptors (Lipinski definition) is 3. The van der Waals surface area contributed by atoms with Gasteiger partial charge in [0.25, 0.3) is 0 Å². The molecule has 28 heavy (non-hydrogen) atoms. The van der Waals surface area contributed by atoms with Crippen molar-refractivity contribution in [2.75, 3.05) is 0 Å². The molecule has 0 saturated heterocycles. The molecule has 0 amide bonds. The zero-order valence-corrected chi connectivity index (χ0v) is 15.4. The minimum atomic E-state index is -4.47. The number of aryl methyl sites for hydroxylation is 1. The van der Waals surface area contributed by atoms with Gasteiger partial charge in [-0.25, -0.2) is 4.98 Å². The highest BCUT2D eigenvalue weighted by molar-refractivity contribution is 5.85. The number of aromatic nitrogens is 3. The number of nitrogens with zero attached hydrogens (tertiary/aromatic N) is 3. The van der Waals surface area contributed by atoms with Crippen LogP contribution in [0.25, 0.3) is 22.2 Å². The van der Waals surface area contributed by atoms with Gasteiger partial charge in [-0.05, 0) is 62.4 Å². The Kier molecular flexibility index (Phi) is 4.69. The lowest BCUT2D eigenvalue weighted by molar-refractivity contribution is -0.141. The fourth-order valence-electron chi connectivity index (χ4n) is 3.90. The largest absolute Gasteiger partial charge is 0.433 e. The SMILES string of the molecule is Cc1cc2nn(C3CCC(C=O)CC3)cc2cc1-c1cccc(C(F)(F)F)n1. The quantitative estimate of drug-likeness (QED) is 0.569. The third kappa shape index (κ3) is 3.53. The maximum Gasteiger partial charge on any atom is 0.433 e. The van der Waals surface area contributed by atoms with Crippen LogP contribution in [0.4, 0.5) is 13.2 Å². The summed E-state index contributed by atoms with van der Waals surface area (Å²) in [7, 11) is 0. The number of rotatable bonds is 3. The zero-order chi connectivity index (χ0) is 19.9. The summed E-state index contributed by atoms with van der Waals surface area (Å²) in [6.45, 7) is 1.85. The molecule has 0 aliphatic heterocycles. The van der Waals surface area contributed by atoms with Crippen molar-refractivity contribution in [1.82, 2.24) is 14.8 Å². The van der Waals surface area contributed by atoms with Crippen molar-refractivity contribution < 1.29 is 18.0 Å². The lowest BCUT2D eigenvalue weighted by atomic mass is 9.87. The van der Waals surface area contributed by atoms with Gasteiger partial charge < -0.3 is 4.79 Å². The van der Waals surface area contributed by atoms with Crippen LogP contribution in [0.5, 0.6) is 0 Å². The van der Waals surface area contributed by atoms with Gasteiger partial charge in [-0.2, -0.15) is 18.3 Å². The number of aldehydes is 1. The molecule has 2 aromatic heterocycles. The third-order valence-electron chi connectivity index (χ3n) is 5.49. The molecule has 1 aromatic carbocycles. The van der Waals surface area contributed by atoms with E-state index in [9.17, 15) is 18.0 Å². The molecular formula is C21H20F3N3O. The number of alkyl halides is 3. The van der Waals surface area contributed by atoms with Crippen LogP contribution < -0.4 is 0 Å². The fourth-order valence-corrected chi connectivity index (χ4v) is 3.90. The smallest absolute Gasteiger partial charge is 0.303 e. The molecule has 7 heteroatoms. The van der Waals surface area contributed by atoms with E-state index in [1.54, 1.807) is 6.07 Å². The van der Waals surface area contributed by atoms with E-state index in [2.05, 4.69) is 10.1 Å². The van der Waals surface area contributed by atoms with E-state index < -0.39 is 11.9 Å². The van der Waals surface area contributed by atoms with Crippen LogP contribution in [0.15, 0.2) is 36.5 Å². The van der Waals surface area contributed by atoms with Gasteiger partial charge in [0.2, 0.25) is 0 Å². The van der Waals surface area contributed by atoms with Crippen LogP contribution in [0.2, 0.25) is 0 Å². The lowest BCUT2D eigenvalue weighted by Crippen LogP contribution is -2.19. The van der Waals surface area contributed by atoms with Crippen LogP contribution in [-0.2, 0) is 11.0 Å². The molecule has 1 aliphatic carbocycles. The van der Waals surface area contributed by atoms with E-state index in [4.69, 9.17) is 0 Å². The molecule has 1 saturated carbocycles. The molecule has 1 aliphatic rings. The zero-order valence-electron chi connectivity index (χ0n) is 15.4. The predicted octanol–water partition coefficient (Wildman–Crippen LogP) is 5.36. The lowest BCUT2D eigenvalue weighted by Gasteiger charge is -2.25. The van der Waals surface area contributed by atoms with Crippen LogP contribution >= 0.6 is 0 Å². The summed E-state index contributed by atoms with van der Waals surface area (Å²) >= 11 is 0. The molecule has 2 heterocycles. The molecule has 3 aromatic rings. The van der Waals surface area contributed by atoms with Crippen LogP contribution in [0, 0.1) is 12.8 Å². The summed E-state index contributed by atoms with van der Waals surface area (Å²) in [5.41, 5.74) is 1.71. The molecular weight excluding hydrogens is 367 g/mol. The van der Waals surface area contributed by atoms with E-state index in [0.717, 1.165) is 54.5 Å². The molecule has 0 atom stereocenters. The molecule has 0 spiro atoms. The van der Waals surface area contributed by atoms with Gasteiger partial charge in [-0.1, -0.05) is 6.07 Å². The van der Waals surface area contributed by atoms with Gasteiger partial charge in [0.15, 0.2) is 0 Å². The first-order chi connectivity index (χ1) is 13.3. The van der Waals surface area contributed by atoms with Crippen LogP contribution in [0.1, 0.15) is 43.0 Å². The summed E-state index contributed by atoms with van der Waals surface area (Å²) in [5.74, 6) is 0.141. The van der Waals surface area contributed by atoms with Crippen molar-refractivity contribution in [3.63, 3.8) is 0 Å². The average Bonchev–Trinajstić information content (AvgIpc) is 3.09. The Morgan fingerprint density at radius 3 is 2.57 bits per heavy atom. The van der Waals surface area contributed by atoms with Crippen molar-refractivity contribution in [2.45, 2.75) is 44.8 Å². The molecule has 146 valence electrons. The maximum absolute atomic E-state index is 13.0. The second-order valence-electron chi connectivity index (χ2n) is 7.45. The summed E-state index contributed by atoms with van der Waals surface area (Å²) in [4.78, 5) is 14.8. The molecule has 0 unspecified atom stereocenters. The second-order valence-corrected chi connectivity index (χ2v) is 7.45. The molecule has 0 N–H and O–H groups in total. The van der Waals surface area contributed by atoms with Crippen molar-refractivity contribution in [3.05, 3.63) is 47.8 Å². The van der Waals surface area contributed by atoms with E-state index in [-0.39, 0.29) is 12.0 Å². The van der Waals surface area contributed by atoms with Crippen LogP contribution in [0.3, 0.4) is 0 Å². The number of carbonyl (C=O) groups excluding carboxylic acids is 1. The minimum Gasteiger partial charge on any atom is -0.303 e. The highest BCUT2D eigenvalue weighted by atomic mass is 19.4. The number of pyridine rings is 1.